The minimum atomic E-state index is -4.33. The zero-order chi connectivity index (χ0) is 14.1. The largest absolute Gasteiger partial charge is 0.434 e. The second-order valence-electron chi connectivity index (χ2n) is 4.42. The van der Waals surface area contributed by atoms with Crippen molar-refractivity contribution in [3.8, 4) is 5.75 Å². The summed E-state index contributed by atoms with van der Waals surface area (Å²) in [7, 11) is 0. The molecule has 7 heteroatoms. The van der Waals surface area contributed by atoms with E-state index < -0.39 is 18.3 Å². The quantitative estimate of drug-likeness (QED) is 0.834. The van der Waals surface area contributed by atoms with Gasteiger partial charge in [-0.1, -0.05) is 18.2 Å². The summed E-state index contributed by atoms with van der Waals surface area (Å²) in [5.74, 6) is -0.108. The molecular formula is C12H12F5NO. The van der Waals surface area contributed by atoms with Crippen LogP contribution in [0.25, 0.3) is 0 Å². The van der Waals surface area contributed by atoms with Gasteiger partial charge < -0.3 is 4.74 Å². The van der Waals surface area contributed by atoms with E-state index in [1.54, 1.807) is 6.07 Å². The molecule has 1 aromatic rings. The second-order valence-corrected chi connectivity index (χ2v) is 4.42. The SMILES string of the molecule is FC(F)Oc1ccccc1CNC1(C(F)(F)F)CC1. The van der Waals surface area contributed by atoms with Crippen molar-refractivity contribution in [1.82, 2.24) is 5.32 Å². The minimum absolute atomic E-state index is 0.00830. The molecule has 2 nitrogen and oxygen atoms in total. The lowest BCUT2D eigenvalue weighted by molar-refractivity contribution is -0.166. The average Bonchev–Trinajstić information content (AvgIpc) is 3.07. The number of hydrogen-bond donors (Lipinski definition) is 1. The van der Waals surface area contributed by atoms with Gasteiger partial charge >= 0.3 is 12.8 Å². The fraction of sp³-hybridized carbons (Fsp3) is 0.500. The van der Waals surface area contributed by atoms with Gasteiger partial charge in [-0.3, -0.25) is 5.32 Å². The third kappa shape index (κ3) is 3.15. The summed E-state index contributed by atoms with van der Waals surface area (Å²) in [5.41, 5.74) is -1.59. The van der Waals surface area contributed by atoms with Crippen LogP contribution < -0.4 is 10.1 Å². The van der Waals surface area contributed by atoms with Crippen LogP contribution in [0.15, 0.2) is 24.3 Å². The highest BCUT2D eigenvalue weighted by molar-refractivity contribution is 5.33. The van der Waals surface area contributed by atoms with Crippen molar-refractivity contribution in [2.24, 2.45) is 0 Å². The summed E-state index contributed by atoms with van der Waals surface area (Å²) in [6, 6.07) is 5.80. The van der Waals surface area contributed by atoms with E-state index in [-0.39, 0.29) is 30.7 Å². The lowest BCUT2D eigenvalue weighted by atomic mass is 10.1. The molecule has 1 saturated carbocycles. The molecule has 0 atom stereocenters. The number of nitrogens with one attached hydrogen (secondary N) is 1. The van der Waals surface area contributed by atoms with Crippen molar-refractivity contribution >= 4 is 0 Å². The molecule has 2 rings (SSSR count). The Balaban J connectivity index is 2.04. The van der Waals surface area contributed by atoms with Gasteiger partial charge in [0, 0.05) is 12.1 Å². The van der Waals surface area contributed by atoms with Crippen LogP contribution in [0.1, 0.15) is 18.4 Å². The Bertz CT molecular complexity index is 442. The number of benzene rings is 1. The Labute approximate surface area is 106 Å². The maximum absolute atomic E-state index is 12.7. The third-order valence-corrected chi connectivity index (χ3v) is 3.10. The monoisotopic (exact) mass is 281 g/mol. The number of para-hydroxylation sites is 1. The Hall–Kier alpha value is -1.37. The number of rotatable bonds is 5. The fourth-order valence-electron chi connectivity index (χ4n) is 1.81. The number of hydrogen-bond acceptors (Lipinski definition) is 2. The summed E-state index contributed by atoms with van der Waals surface area (Å²) in [5, 5.41) is 2.39. The van der Waals surface area contributed by atoms with E-state index in [9.17, 15) is 22.0 Å². The van der Waals surface area contributed by atoms with E-state index in [1.807, 2.05) is 0 Å². The van der Waals surface area contributed by atoms with Crippen LogP contribution in [-0.4, -0.2) is 18.3 Å². The minimum Gasteiger partial charge on any atom is -0.434 e. The first kappa shape index (κ1) is 14.0. The lowest BCUT2D eigenvalue weighted by Crippen LogP contribution is -2.44. The molecule has 1 aromatic carbocycles. The van der Waals surface area contributed by atoms with E-state index in [4.69, 9.17) is 0 Å². The van der Waals surface area contributed by atoms with Gasteiger partial charge in [-0.15, -0.1) is 0 Å². The first-order valence-corrected chi connectivity index (χ1v) is 5.68. The van der Waals surface area contributed by atoms with Gasteiger partial charge in [0.15, 0.2) is 0 Å². The van der Waals surface area contributed by atoms with Crippen molar-refractivity contribution in [3.63, 3.8) is 0 Å². The Morgan fingerprint density at radius 2 is 1.84 bits per heavy atom. The predicted molar refractivity (Wildman–Crippen MR) is 57.9 cm³/mol. The number of alkyl halides is 5. The molecule has 106 valence electrons. The van der Waals surface area contributed by atoms with Crippen molar-refractivity contribution < 1.29 is 26.7 Å². The molecule has 0 radical (unpaired) electrons. The molecule has 0 bridgehead atoms. The van der Waals surface area contributed by atoms with Crippen molar-refractivity contribution in [3.05, 3.63) is 29.8 Å². The van der Waals surface area contributed by atoms with Gasteiger partial charge in [-0.25, -0.2) is 0 Å². The van der Waals surface area contributed by atoms with Crippen LogP contribution in [0, 0.1) is 0 Å². The summed E-state index contributed by atoms with van der Waals surface area (Å²) in [6.45, 7) is -3.17. The van der Waals surface area contributed by atoms with Gasteiger partial charge in [0.25, 0.3) is 0 Å². The summed E-state index contributed by atoms with van der Waals surface area (Å²) in [4.78, 5) is 0. The predicted octanol–water partition coefficient (Wildman–Crippen LogP) is 3.47. The topological polar surface area (TPSA) is 21.3 Å². The smallest absolute Gasteiger partial charge is 0.406 e. The average molecular weight is 281 g/mol. The van der Waals surface area contributed by atoms with E-state index in [1.165, 1.54) is 18.2 Å². The molecule has 0 spiro atoms. The Morgan fingerprint density at radius 3 is 2.37 bits per heavy atom. The van der Waals surface area contributed by atoms with Crippen LogP contribution in [0.2, 0.25) is 0 Å². The Morgan fingerprint density at radius 1 is 1.21 bits per heavy atom. The highest BCUT2D eigenvalue weighted by Crippen LogP contribution is 2.49. The zero-order valence-electron chi connectivity index (χ0n) is 9.81. The maximum Gasteiger partial charge on any atom is 0.406 e. The molecule has 0 aromatic heterocycles. The van der Waals surface area contributed by atoms with Crippen molar-refractivity contribution in [2.45, 2.75) is 37.7 Å². The first-order valence-electron chi connectivity index (χ1n) is 5.68. The van der Waals surface area contributed by atoms with Crippen LogP contribution in [-0.2, 0) is 6.54 Å². The van der Waals surface area contributed by atoms with Crippen molar-refractivity contribution in [2.75, 3.05) is 0 Å². The maximum atomic E-state index is 12.7. The van der Waals surface area contributed by atoms with Crippen LogP contribution in [0.5, 0.6) is 5.75 Å². The van der Waals surface area contributed by atoms with Crippen LogP contribution >= 0.6 is 0 Å². The van der Waals surface area contributed by atoms with Gasteiger partial charge in [0.2, 0.25) is 0 Å². The lowest BCUT2D eigenvalue weighted by Gasteiger charge is -2.21. The number of ether oxygens (including phenoxy) is 1. The molecule has 1 N–H and O–H groups in total. The van der Waals surface area contributed by atoms with Gasteiger partial charge in [-0.05, 0) is 18.9 Å². The third-order valence-electron chi connectivity index (χ3n) is 3.10. The summed E-state index contributed by atoms with van der Waals surface area (Å²) in [6.07, 6.45) is -4.31. The molecular weight excluding hydrogens is 269 g/mol. The molecule has 1 fully saturated rings. The van der Waals surface area contributed by atoms with E-state index in [0.29, 0.717) is 0 Å². The number of halogens is 5. The highest BCUT2D eigenvalue weighted by Gasteiger charge is 2.62. The second kappa shape index (κ2) is 4.96. The summed E-state index contributed by atoms with van der Waals surface area (Å²) >= 11 is 0. The van der Waals surface area contributed by atoms with Crippen molar-refractivity contribution in [1.29, 1.82) is 0 Å². The molecule has 0 saturated heterocycles. The van der Waals surface area contributed by atoms with Gasteiger partial charge in [-0.2, -0.15) is 22.0 Å². The molecule has 0 heterocycles. The Kier molecular flexibility index (Phi) is 3.66. The molecule has 19 heavy (non-hydrogen) atoms. The van der Waals surface area contributed by atoms with E-state index in [0.717, 1.165) is 0 Å². The van der Waals surface area contributed by atoms with Gasteiger partial charge in [0.1, 0.15) is 11.3 Å². The van der Waals surface area contributed by atoms with E-state index in [2.05, 4.69) is 10.1 Å². The van der Waals surface area contributed by atoms with Gasteiger partial charge in [0.05, 0.1) is 0 Å². The normalized spacial score (nSPS) is 17.6. The molecule has 1 aliphatic rings. The molecule has 0 amide bonds. The highest BCUT2D eigenvalue weighted by atomic mass is 19.4. The van der Waals surface area contributed by atoms with Crippen LogP contribution in [0.4, 0.5) is 22.0 Å². The molecule has 1 aliphatic carbocycles. The zero-order valence-corrected chi connectivity index (χ0v) is 9.81. The fourth-order valence-corrected chi connectivity index (χ4v) is 1.81. The standard InChI is InChI=1S/C12H12F5NO/c13-10(14)19-9-4-2-1-3-8(9)7-18-11(5-6-11)12(15,16)17/h1-4,10,18H,5-7H2. The van der Waals surface area contributed by atoms with Crippen LogP contribution in [0.3, 0.4) is 0 Å². The molecule has 0 unspecified atom stereocenters. The summed E-state index contributed by atoms with van der Waals surface area (Å²) < 4.78 is 66.7. The van der Waals surface area contributed by atoms with E-state index >= 15 is 0 Å². The molecule has 0 aliphatic heterocycles. The first-order chi connectivity index (χ1) is 8.84.